The Morgan fingerprint density at radius 2 is 2.25 bits per heavy atom. The molecule has 16 heavy (non-hydrogen) atoms. The zero-order valence-electron chi connectivity index (χ0n) is 8.63. The minimum absolute atomic E-state index is 0.135. The third kappa shape index (κ3) is 3.16. The van der Waals surface area contributed by atoms with Gasteiger partial charge in [-0.3, -0.25) is 4.98 Å². The van der Waals surface area contributed by atoms with E-state index in [1.807, 2.05) is 0 Å². The molecule has 1 aromatic heterocycles. The van der Waals surface area contributed by atoms with Gasteiger partial charge >= 0.3 is 5.97 Å². The number of pyridine rings is 1. The fourth-order valence-corrected chi connectivity index (χ4v) is 1.31. The Kier molecular flexibility index (Phi) is 4.67. The molecule has 0 aliphatic heterocycles. The molecule has 0 aliphatic carbocycles. The van der Waals surface area contributed by atoms with Crippen LogP contribution in [0.2, 0.25) is 5.02 Å². The molecular weight excluding hydrogens is 234 g/mol. The number of ether oxygens (including phenoxy) is 1. The number of rotatable bonds is 4. The van der Waals surface area contributed by atoms with E-state index < -0.39 is 18.2 Å². The van der Waals surface area contributed by atoms with Crippen LogP contribution in [-0.2, 0) is 9.53 Å². The number of carbonyl (C=O) groups excluding carboxylic acids is 1. The lowest BCUT2D eigenvalue weighted by atomic mass is 10.1. The molecule has 2 atom stereocenters. The van der Waals surface area contributed by atoms with Crippen molar-refractivity contribution in [2.75, 3.05) is 6.61 Å². The van der Waals surface area contributed by atoms with Crippen molar-refractivity contribution in [3.63, 3.8) is 0 Å². The highest BCUT2D eigenvalue weighted by Gasteiger charge is 2.27. The molecule has 5 nitrogen and oxygen atoms in total. The quantitative estimate of drug-likeness (QED) is 0.763. The number of carbonyl (C=O) groups is 1. The van der Waals surface area contributed by atoms with Crippen LogP contribution in [0.5, 0.6) is 0 Å². The van der Waals surface area contributed by atoms with Crippen LogP contribution in [0.25, 0.3) is 0 Å². The lowest BCUT2D eigenvalue weighted by molar-refractivity contribution is -0.159. The van der Waals surface area contributed by atoms with E-state index in [0.29, 0.717) is 5.02 Å². The second-order valence-electron chi connectivity index (χ2n) is 3.08. The fourth-order valence-electron chi connectivity index (χ4n) is 1.13. The van der Waals surface area contributed by atoms with E-state index in [4.69, 9.17) is 11.6 Å². The first-order chi connectivity index (χ1) is 7.56. The van der Waals surface area contributed by atoms with Crippen LogP contribution >= 0.6 is 11.6 Å². The van der Waals surface area contributed by atoms with E-state index in [-0.39, 0.29) is 12.2 Å². The van der Waals surface area contributed by atoms with Gasteiger partial charge in [-0.2, -0.15) is 0 Å². The summed E-state index contributed by atoms with van der Waals surface area (Å²) in [6.45, 7) is 1.74. The summed E-state index contributed by atoms with van der Waals surface area (Å²) in [5.41, 5.74) is 0.257. The highest BCUT2D eigenvalue weighted by atomic mass is 35.5. The molecule has 0 saturated heterocycles. The molecule has 0 amide bonds. The van der Waals surface area contributed by atoms with Gasteiger partial charge in [-0.1, -0.05) is 11.6 Å². The van der Waals surface area contributed by atoms with Crippen molar-refractivity contribution in [1.82, 2.24) is 4.98 Å². The molecule has 0 bridgehead atoms. The molecule has 1 rings (SSSR count). The molecule has 0 aromatic carbocycles. The van der Waals surface area contributed by atoms with Gasteiger partial charge in [0.25, 0.3) is 0 Å². The molecule has 2 N–H and O–H groups in total. The molecule has 0 spiro atoms. The van der Waals surface area contributed by atoms with Crippen LogP contribution in [0.4, 0.5) is 0 Å². The highest BCUT2D eigenvalue weighted by molar-refractivity contribution is 6.30. The number of nitrogens with zero attached hydrogens (tertiary/aromatic N) is 1. The van der Waals surface area contributed by atoms with Gasteiger partial charge in [0.1, 0.15) is 6.10 Å². The Balaban J connectivity index is 2.77. The van der Waals surface area contributed by atoms with Crippen molar-refractivity contribution >= 4 is 17.6 Å². The summed E-state index contributed by atoms with van der Waals surface area (Å²) >= 11 is 5.66. The summed E-state index contributed by atoms with van der Waals surface area (Å²) in [5, 5.41) is 19.4. The second kappa shape index (κ2) is 5.79. The number of halogens is 1. The first-order valence-electron chi connectivity index (χ1n) is 4.69. The second-order valence-corrected chi connectivity index (χ2v) is 3.51. The topological polar surface area (TPSA) is 79.7 Å². The summed E-state index contributed by atoms with van der Waals surface area (Å²) in [7, 11) is 0. The number of hydrogen-bond donors (Lipinski definition) is 2. The first kappa shape index (κ1) is 12.9. The predicted octanol–water partition coefficient (Wildman–Crippen LogP) is 0.692. The maximum atomic E-state index is 11.2. The minimum Gasteiger partial charge on any atom is -0.464 e. The summed E-state index contributed by atoms with van der Waals surface area (Å²) < 4.78 is 4.57. The maximum Gasteiger partial charge on any atom is 0.338 e. The lowest BCUT2D eigenvalue weighted by Gasteiger charge is -2.16. The Morgan fingerprint density at radius 1 is 1.56 bits per heavy atom. The lowest BCUT2D eigenvalue weighted by Crippen LogP contribution is -2.29. The Labute approximate surface area is 97.6 Å². The summed E-state index contributed by atoms with van der Waals surface area (Å²) in [4.78, 5) is 14.9. The minimum atomic E-state index is -1.64. The van der Waals surface area contributed by atoms with Gasteiger partial charge in [0.15, 0.2) is 6.10 Å². The summed E-state index contributed by atoms with van der Waals surface area (Å²) in [5.74, 6) is -0.880. The van der Waals surface area contributed by atoms with Gasteiger partial charge in [-0.15, -0.1) is 0 Å². The molecule has 0 aliphatic rings. The zero-order valence-corrected chi connectivity index (χ0v) is 9.39. The first-order valence-corrected chi connectivity index (χ1v) is 5.07. The van der Waals surface area contributed by atoms with E-state index in [9.17, 15) is 15.0 Å². The molecule has 0 fully saturated rings. The third-order valence-corrected chi connectivity index (χ3v) is 2.10. The van der Waals surface area contributed by atoms with Crippen LogP contribution in [0.15, 0.2) is 18.5 Å². The highest BCUT2D eigenvalue weighted by Crippen LogP contribution is 2.19. The Hall–Kier alpha value is -1.17. The van der Waals surface area contributed by atoms with Crippen LogP contribution in [0.1, 0.15) is 18.6 Å². The van der Waals surface area contributed by atoms with Crippen LogP contribution in [0.3, 0.4) is 0 Å². The van der Waals surface area contributed by atoms with Crippen molar-refractivity contribution in [2.45, 2.75) is 19.1 Å². The molecular formula is C10H12ClNO4. The van der Waals surface area contributed by atoms with E-state index >= 15 is 0 Å². The number of aromatic nitrogens is 1. The van der Waals surface area contributed by atoms with Crippen molar-refractivity contribution in [3.05, 3.63) is 29.0 Å². The maximum absolute atomic E-state index is 11.2. The SMILES string of the molecule is CCOC(=O)C(O)C(O)c1cncc(Cl)c1. The summed E-state index contributed by atoms with van der Waals surface area (Å²) in [6.07, 6.45) is -0.335. The van der Waals surface area contributed by atoms with Crippen LogP contribution in [-0.4, -0.2) is 33.9 Å². The van der Waals surface area contributed by atoms with Gasteiger partial charge in [-0.25, -0.2) is 4.79 Å². The average molecular weight is 246 g/mol. The largest absolute Gasteiger partial charge is 0.464 e. The van der Waals surface area contributed by atoms with Crippen molar-refractivity contribution in [1.29, 1.82) is 0 Å². The van der Waals surface area contributed by atoms with E-state index in [1.54, 1.807) is 6.92 Å². The Morgan fingerprint density at radius 3 is 2.81 bits per heavy atom. The summed E-state index contributed by atoms with van der Waals surface area (Å²) in [6, 6.07) is 1.42. The fraction of sp³-hybridized carbons (Fsp3) is 0.400. The van der Waals surface area contributed by atoms with E-state index in [2.05, 4.69) is 9.72 Å². The molecule has 1 aromatic rings. The smallest absolute Gasteiger partial charge is 0.338 e. The van der Waals surface area contributed by atoms with Gasteiger partial charge in [-0.05, 0) is 13.0 Å². The van der Waals surface area contributed by atoms with Gasteiger partial charge in [0, 0.05) is 18.0 Å². The Bertz CT molecular complexity index is 372. The van der Waals surface area contributed by atoms with Gasteiger partial charge < -0.3 is 14.9 Å². The number of aliphatic hydroxyl groups excluding tert-OH is 2. The van der Waals surface area contributed by atoms with Crippen molar-refractivity contribution in [3.8, 4) is 0 Å². The van der Waals surface area contributed by atoms with E-state index in [0.717, 1.165) is 0 Å². The van der Waals surface area contributed by atoms with Crippen molar-refractivity contribution < 1.29 is 19.7 Å². The number of hydrogen-bond acceptors (Lipinski definition) is 5. The molecule has 0 saturated carbocycles. The standard InChI is InChI=1S/C10H12ClNO4/c1-2-16-10(15)9(14)8(13)6-3-7(11)5-12-4-6/h3-5,8-9,13-14H,2H2,1H3. The van der Waals surface area contributed by atoms with Crippen LogP contribution < -0.4 is 0 Å². The number of esters is 1. The van der Waals surface area contributed by atoms with Gasteiger partial charge in [0.05, 0.1) is 11.6 Å². The molecule has 0 radical (unpaired) electrons. The normalized spacial score (nSPS) is 14.2. The molecule has 88 valence electrons. The van der Waals surface area contributed by atoms with Crippen molar-refractivity contribution in [2.24, 2.45) is 0 Å². The predicted molar refractivity (Wildman–Crippen MR) is 56.8 cm³/mol. The monoisotopic (exact) mass is 245 g/mol. The third-order valence-electron chi connectivity index (χ3n) is 1.89. The van der Waals surface area contributed by atoms with Gasteiger partial charge in [0.2, 0.25) is 0 Å². The zero-order chi connectivity index (χ0) is 12.1. The van der Waals surface area contributed by atoms with E-state index in [1.165, 1.54) is 18.5 Å². The molecule has 1 heterocycles. The van der Waals surface area contributed by atoms with Crippen LogP contribution in [0, 0.1) is 0 Å². The number of aliphatic hydroxyl groups is 2. The average Bonchev–Trinajstić information content (AvgIpc) is 2.27. The molecule has 2 unspecified atom stereocenters. The molecule has 6 heteroatoms.